The molecule has 0 aliphatic carbocycles. The molecule has 0 aliphatic heterocycles. The maximum atomic E-state index is 10.3. The average Bonchev–Trinajstić information content (AvgIpc) is 2.91. The van der Waals surface area contributed by atoms with Crippen molar-refractivity contribution < 1.29 is 5.11 Å². The van der Waals surface area contributed by atoms with Crippen molar-refractivity contribution in [3.05, 3.63) is 59.7 Å². The molecule has 21 heavy (non-hydrogen) atoms. The number of hydrogen-bond donors (Lipinski definition) is 1. The number of aromatic hydroxyl groups is 1. The number of phenols is 1. The van der Waals surface area contributed by atoms with Gasteiger partial charge >= 0.3 is 0 Å². The molecule has 1 N–H and O–H groups in total. The lowest BCUT2D eigenvalue weighted by molar-refractivity contribution is 0.467. The normalized spacial score (nSPS) is 11.5. The van der Waals surface area contributed by atoms with E-state index in [1.54, 1.807) is 6.07 Å². The van der Waals surface area contributed by atoms with Crippen LogP contribution in [0.3, 0.4) is 0 Å². The number of aromatic nitrogens is 3. The molecule has 3 aromatic rings. The highest BCUT2D eigenvalue weighted by molar-refractivity contribution is 5.73. The minimum Gasteiger partial charge on any atom is -0.506 e. The first-order valence-corrected chi connectivity index (χ1v) is 6.95. The predicted octanol–water partition coefficient (Wildman–Crippen LogP) is 3.55. The fourth-order valence-corrected chi connectivity index (χ4v) is 2.32. The van der Waals surface area contributed by atoms with Crippen molar-refractivity contribution in [1.29, 1.82) is 0 Å². The minimum absolute atomic E-state index is 0.195. The number of allylic oxidation sites excluding steroid dienone is 2. The maximum absolute atomic E-state index is 10.3. The van der Waals surface area contributed by atoms with Gasteiger partial charge in [0.25, 0.3) is 0 Å². The Morgan fingerprint density at radius 2 is 1.81 bits per heavy atom. The van der Waals surface area contributed by atoms with E-state index in [1.807, 2.05) is 50.3 Å². The summed E-state index contributed by atoms with van der Waals surface area (Å²) >= 11 is 0. The second kappa shape index (κ2) is 5.40. The Labute approximate surface area is 123 Å². The smallest absolute Gasteiger partial charge is 0.143 e. The van der Waals surface area contributed by atoms with Crippen LogP contribution in [0, 0.1) is 6.92 Å². The lowest BCUT2D eigenvalue weighted by atomic mass is 10.0. The quantitative estimate of drug-likeness (QED) is 0.746. The zero-order valence-corrected chi connectivity index (χ0v) is 12.1. The third-order valence-electron chi connectivity index (χ3n) is 3.51. The molecule has 0 bridgehead atoms. The van der Waals surface area contributed by atoms with Crippen LogP contribution in [0.15, 0.2) is 48.6 Å². The third-order valence-corrected chi connectivity index (χ3v) is 3.51. The minimum atomic E-state index is 0.195. The Hall–Kier alpha value is -2.62. The van der Waals surface area contributed by atoms with Crippen LogP contribution >= 0.6 is 0 Å². The van der Waals surface area contributed by atoms with Gasteiger partial charge in [-0.15, -0.1) is 15.0 Å². The molecule has 0 fully saturated rings. The lowest BCUT2D eigenvalue weighted by Crippen LogP contribution is -2.01. The molecule has 0 spiro atoms. The monoisotopic (exact) mass is 279 g/mol. The number of rotatable bonds is 3. The second-order valence-corrected chi connectivity index (χ2v) is 5.02. The van der Waals surface area contributed by atoms with E-state index in [4.69, 9.17) is 0 Å². The summed E-state index contributed by atoms with van der Waals surface area (Å²) in [7, 11) is 0. The standard InChI is InChI=1S/C17H17N3O/c1-3-4-7-13-11-17(21)16(10-12(13)2)20-18-14-8-5-6-9-15(14)19-20/h3-6,8-11,21H,7H2,1-2H3. The summed E-state index contributed by atoms with van der Waals surface area (Å²) in [6.07, 6.45) is 4.89. The molecular formula is C17H17N3O. The van der Waals surface area contributed by atoms with Gasteiger partial charge in [0.05, 0.1) is 0 Å². The van der Waals surface area contributed by atoms with Gasteiger partial charge in [-0.1, -0.05) is 24.3 Å². The van der Waals surface area contributed by atoms with Crippen LogP contribution in [0.4, 0.5) is 0 Å². The Kier molecular flexibility index (Phi) is 3.44. The second-order valence-electron chi connectivity index (χ2n) is 5.02. The molecule has 0 atom stereocenters. The zero-order chi connectivity index (χ0) is 14.8. The van der Waals surface area contributed by atoms with Crippen LogP contribution in [0.2, 0.25) is 0 Å². The maximum Gasteiger partial charge on any atom is 0.143 e. The molecule has 2 aromatic carbocycles. The summed E-state index contributed by atoms with van der Waals surface area (Å²) in [6.45, 7) is 4.02. The largest absolute Gasteiger partial charge is 0.506 e. The molecule has 4 nitrogen and oxygen atoms in total. The fourth-order valence-electron chi connectivity index (χ4n) is 2.32. The van der Waals surface area contributed by atoms with Crippen LogP contribution in [0.1, 0.15) is 18.1 Å². The molecular weight excluding hydrogens is 262 g/mol. The van der Waals surface area contributed by atoms with Gasteiger partial charge in [0.15, 0.2) is 0 Å². The summed E-state index contributed by atoms with van der Waals surface area (Å²) < 4.78 is 0. The van der Waals surface area contributed by atoms with E-state index in [1.165, 1.54) is 4.80 Å². The van der Waals surface area contributed by atoms with Crippen molar-refractivity contribution in [2.24, 2.45) is 0 Å². The zero-order valence-electron chi connectivity index (χ0n) is 12.1. The van der Waals surface area contributed by atoms with Gasteiger partial charge in [0.1, 0.15) is 22.5 Å². The van der Waals surface area contributed by atoms with Crippen LogP contribution < -0.4 is 0 Å². The molecule has 0 radical (unpaired) electrons. The van der Waals surface area contributed by atoms with Crippen LogP contribution in [0.5, 0.6) is 5.75 Å². The molecule has 0 aliphatic rings. The van der Waals surface area contributed by atoms with E-state index in [9.17, 15) is 5.11 Å². The fraction of sp³-hybridized carbons (Fsp3) is 0.176. The van der Waals surface area contributed by atoms with E-state index in [-0.39, 0.29) is 5.75 Å². The summed E-state index contributed by atoms with van der Waals surface area (Å²) in [6, 6.07) is 11.4. The van der Waals surface area contributed by atoms with Crippen molar-refractivity contribution in [1.82, 2.24) is 15.0 Å². The number of aryl methyl sites for hydroxylation is 1. The van der Waals surface area contributed by atoms with E-state index >= 15 is 0 Å². The van der Waals surface area contributed by atoms with Gasteiger partial charge in [-0.2, -0.15) is 0 Å². The average molecular weight is 279 g/mol. The Bertz CT molecular complexity index is 785. The Morgan fingerprint density at radius 1 is 1.14 bits per heavy atom. The van der Waals surface area contributed by atoms with Gasteiger partial charge in [-0.3, -0.25) is 0 Å². The summed E-state index contributed by atoms with van der Waals surface area (Å²) in [5, 5.41) is 19.1. The van der Waals surface area contributed by atoms with Gasteiger partial charge < -0.3 is 5.11 Å². The van der Waals surface area contributed by atoms with Crippen LogP contribution in [-0.2, 0) is 6.42 Å². The number of fused-ring (bicyclic) bond motifs is 1. The molecule has 0 amide bonds. The molecule has 0 unspecified atom stereocenters. The molecule has 4 heteroatoms. The van der Waals surface area contributed by atoms with Gasteiger partial charge in [0.2, 0.25) is 0 Å². The van der Waals surface area contributed by atoms with Crippen molar-refractivity contribution in [3.8, 4) is 11.4 Å². The third kappa shape index (κ3) is 2.52. The highest BCUT2D eigenvalue weighted by Gasteiger charge is 2.11. The van der Waals surface area contributed by atoms with Crippen molar-refractivity contribution in [3.63, 3.8) is 0 Å². The first-order chi connectivity index (χ1) is 10.2. The highest BCUT2D eigenvalue weighted by Crippen LogP contribution is 2.26. The lowest BCUT2D eigenvalue weighted by Gasteiger charge is -2.09. The summed E-state index contributed by atoms with van der Waals surface area (Å²) in [4.78, 5) is 1.49. The van der Waals surface area contributed by atoms with Gasteiger partial charge in [-0.25, -0.2) is 0 Å². The van der Waals surface area contributed by atoms with Crippen LogP contribution in [0.25, 0.3) is 16.7 Å². The van der Waals surface area contributed by atoms with E-state index < -0.39 is 0 Å². The molecule has 1 aromatic heterocycles. The Balaban J connectivity index is 2.07. The van der Waals surface area contributed by atoms with Crippen LogP contribution in [-0.4, -0.2) is 20.1 Å². The van der Waals surface area contributed by atoms with Crippen molar-refractivity contribution in [2.75, 3.05) is 0 Å². The molecule has 1 heterocycles. The first-order valence-electron chi connectivity index (χ1n) is 6.95. The Morgan fingerprint density at radius 3 is 2.43 bits per heavy atom. The predicted molar refractivity (Wildman–Crippen MR) is 83.8 cm³/mol. The van der Waals surface area contributed by atoms with Gasteiger partial charge in [-0.05, 0) is 55.7 Å². The number of phenolic OH excluding ortho intramolecular Hbond substituents is 1. The van der Waals surface area contributed by atoms with E-state index in [0.717, 1.165) is 28.6 Å². The van der Waals surface area contributed by atoms with Gasteiger partial charge in [0, 0.05) is 0 Å². The molecule has 106 valence electrons. The summed E-state index contributed by atoms with van der Waals surface area (Å²) in [5.41, 5.74) is 4.45. The number of benzene rings is 2. The summed E-state index contributed by atoms with van der Waals surface area (Å²) in [5.74, 6) is 0.195. The molecule has 3 rings (SSSR count). The van der Waals surface area contributed by atoms with Crippen molar-refractivity contribution >= 4 is 11.0 Å². The van der Waals surface area contributed by atoms with E-state index in [2.05, 4.69) is 16.3 Å². The number of hydrogen-bond acceptors (Lipinski definition) is 3. The highest BCUT2D eigenvalue weighted by atomic mass is 16.3. The van der Waals surface area contributed by atoms with Crippen molar-refractivity contribution in [2.45, 2.75) is 20.3 Å². The molecule has 0 saturated heterocycles. The topological polar surface area (TPSA) is 50.9 Å². The number of nitrogens with zero attached hydrogens (tertiary/aromatic N) is 3. The SMILES string of the molecule is CC=CCc1cc(O)c(-n2nc3ccccc3n2)cc1C. The van der Waals surface area contributed by atoms with E-state index in [0.29, 0.717) is 5.69 Å². The first kappa shape index (κ1) is 13.4. The molecule has 0 saturated carbocycles.